The molecular formula is C44H30N4O4. The SMILES string of the molecule is c1ccc(C2=NC(c3ccc4c(c3)OCO4)(C3(c4ccc5c(c4)OCO5)N=C(c4ccccc4)C(c4ccccc4)=N3)N=C2c2ccccc2)cc1. The predicted octanol–water partition coefficient (Wildman–Crippen LogP) is 8.13. The first kappa shape index (κ1) is 30.1. The summed E-state index contributed by atoms with van der Waals surface area (Å²) in [5.41, 5.74) is 5.12. The van der Waals surface area contributed by atoms with E-state index < -0.39 is 11.3 Å². The third-order valence-electron chi connectivity index (χ3n) is 9.77. The minimum absolute atomic E-state index is 0.128. The molecule has 0 aromatic heterocycles. The van der Waals surface area contributed by atoms with Gasteiger partial charge >= 0.3 is 0 Å². The molecule has 0 aliphatic carbocycles. The molecule has 0 N–H and O–H groups in total. The molecule has 8 nitrogen and oxygen atoms in total. The summed E-state index contributed by atoms with van der Waals surface area (Å²) in [6.45, 7) is 0.256. The summed E-state index contributed by atoms with van der Waals surface area (Å²) in [4.78, 5) is 23.0. The second-order valence-corrected chi connectivity index (χ2v) is 12.8. The Hall–Kier alpha value is -6.80. The zero-order chi connectivity index (χ0) is 34.5. The molecular weight excluding hydrogens is 649 g/mol. The lowest BCUT2D eigenvalue weighted by atomic mass is 9.81. The van der Waals surface area contributed by atoms with E-state index in [1.54, 1.807) is 0 Å². The summed E-state index contributed by atoms with van der Waals surface area (Å²) in [5.74, 6) is 2.52. The van der Waals surface area contributed by atoms with Crippen LogP contribution in [-0.4, -0.2) is 36.4 Å². The maximum atomic E-state index is 5.98. The number of aliphatic imine (C=N–C) groups is 4. The van der Waals surface area contributed by atoms with Crippen LogP contribution < -0.4 is 18.9 Å². The summed E-state index contributed by atoms with van der Waals surface area (Å²) in [6, 6.07) is 52.4. The highest BCUT2D eigenvalue weighted by Gasteiger charge is 2.61. The third kappa shape index (κ3) is 4.68. The average molecular weight is 679 g/mol. The molecule has 0 saturated heterocycles. The quantitative estimate of drug-likeness (QED) is 0.171. The Kier molecular flexibility index (Phi) is 6.89. The lowest BCUT2D eigenvalue weighted by Crippen LogP contribution is -2.43. The molecule has 0 radical (unpaired) electrons. The molecule has 4 heterocycles. The van der Waals surface area contributed by atoms with Gasteiger partial charge in [0.1, 0.15) is 0 Å². The Balaban J connectivity index is 1.36. The van der Waals surface area contributed by atoms with Gasteiger partial charge in [-0.25, -0.2) is 20.0 Å². The van der Waals surface area contributed by atoms with E-state index in [2.05, 4.69) is 48.5 Å². The van der Waals surface area contributed by atoms with Crippen LogP contribution in [0.4, 0.5) is 0 Å². The van der Waals surface area contributed by atoms with E-state index in [4.69, 9.17) is 38.9 Å². The lowest BCUT2D eigenvalue weighted by Gasteiger charge is -2.38. The minimum Gasteiger partial charge on any atom is -0.454 e. The van der Waals surface area contributed by atoms with Gasteiger partial charge in [-0.15, -0.1) is 0 Å². The van der Waals surface area contributed by atoms with Gasteiger partial charge < -0.3 is 18.9 Å². The van der Waals surface area contributed by atoms with Crippen LogP contribution in [0.25, 0.3) is 0 Å². The molecule has 0 unspecified atom stereocenters. The van der Waals surface area contributed by atoms with Crippen LogP contribution in [0.1, 0.15) is 33.4 Å². The van der Waals surface area contributed by atoms with E-state index in [9.17, 15) is 0 Å². The number of ether oxygens (including phenoxy) is 4. The van der Waals surface area contributed by atoms with Crippen molar-refractivity contribution in [3.8, 4) is 23.0 Å². The number of nitrogens with zero attached hydrogens (tertiary/aromatic N) is 4. The Labute approximate surface area is 300 Å². The van der Waals surface area contributed by atoms with E-state index in [1.807, 2.05) is 109 Å². The van der Waals surface area contributed by atoms with Crippen molar-refractivity contribution < 1.29 is 18.9 Å². The van der Waals surface area contributed by atoms with Gasteiger partial charge in [-0.3, -0.25) is 0 Å². The highest BCUT2D eigenvalue weighted by atomic mass is 16.7. The normalized spacial score (nSPS) is 17.3. The second-order valence-electron chi connectivity index (χ2n) is 12.8. The van der Waals surface area contributed by atoms with Crippen LogP contribution in [0.3, 0.4) is 0 Å². The molecule has 0 atom stereocenters. The summed E-state index contributed by atoms with van der Waals surface area (Å²) in [5, 5.41) is 0. The van der Waals surface area contributed by atoms with Gasteiger partial charge in [0.05, 0.1) is 22.8 Å². The van der Waals surface area contributed by atoms with Crippen molar-refractivity contribution in [2.75, 3.05) is 13.6 Å². The maximum Gasteiger partial charge on any atom is 0.231 e. The van der Waals surface area contributed by atoms with Gasteiger partial charge in [-0.1, -0.05) is 133 Å². The molecule has 0 bridgehead atoms. The van der Waals surface area contributed by atoms with Crippen molar-refractivity contribution >= 4 is 22.8 Å². The van der Waals surface area contributed by atoms with Crippen LogP contribution in [0.2, 0.25) is 0 Å². The summed E-state index contributed by atoms with van der Waals surface area (Å²) in [6.07, 6.45) is 0. The van der Waals surface area contributed by atoms with E-state index in [0.717, 1.165) is 56.2 Å². The molecule has 250 valence electrons. The van der Waals surface area contributed by atoms with Crippen molar-refractivity contribution in [3.05, 3.63) is 191 Å². The minimum atomic E-state index is -1.48. The number of hydrogen-bond donors (Lipinski definition) is 0. The van der Waals surface area contributed by atoms with Gasteiger partial charge in [0, 0.05) is 33.4 Å². The molecule has 0 saturated carbocycles. The van der Waals surface area contributed by atoms with Gasteiger partial charge in [-0.2, -0.15) is 0 Å². The highest BCUT2D eigenvalue weighted by Crippen LogP contribution is 2.56. The van der Waals surface area contributed by atoms with Gasteiger partial charge in [0.25, 0.3) is 0 Å². The number of rotatable bonds is 7. The van der Waals surface area contributed by atoms with Crippen LogP contribution in [0, 0.1) is 0 Å². The lowest BCUT2D eigenvalue weighted by molar-refractivity contribution is 0.173. The van der Waals surface area contributed by atoms with Crippen LogP contribution >= 0.6 is 0 Å². The first-order valence-corrected chi connectivity index (χ1v) is 17.1. The predicted molar refractivity (Wildman–Crippen MR) is 200 cm³/mol. The highest BCUT2D eigenvalue weighted by molar-refractivity contribution is 6.55. The molecule has 6 aromatic carbocycles. The summed E-state index contributed by atoms with van der Waals surface area (Å²) in [7, 11) is 0. The summed E-state index contributed by atoms with van der Waals surface area (Å²) < 4.78 is 23.5. The fourth-order valence-electron chi connectivity index (χ4n) is 7.30. The van der Waals surface area contributed by atoms with Crippen LogP contribution in [0.15, 0.2) is 178 Å². The molecule has 4 aliphatic rings. The van der Waals surface area contributed by atoms with Gasteiger partial charge in [0.15, 0.2) is 23.0 Å². The molecule has 0 amide bonds. The number of benzene rings is 6. The van der Waals surface area contributed by atoms with Crippen molar-refractivity contribution in [2.24, 2.45) is 20.0 Å². The molecule has 10 rings (SSSR count). The van der Waals surface area contributed by atoms with E-state index in [0.29, 0.717) is 23.0 Å². The van der Waals surface area contributed by atoms with E-state index >= 15 is 0 Å². The van der Waals surface area contributed by atoms with Gasteiger partial charge in [0.2, 0.25) is 24.9 Å². The summed E-state index contributed by atoms with van der Waals surface area (Å²) >= 11 is 0. The van der Waals surface area contributed by atoms with Crippen molar-refractivity contribution in [3.63, 3.8) is 0 Å². The molecule has 0 fully saturated rings. The topological polar surface area (TPSA) is 86.4 Å². The van der Waals surface area contributed by atoms with Crippen molar-refractivity contribution in [1.29, 1.82) is 0 Å². The molecule has 8 heteroatoms. The average Bonchev–Trinajstić information content (AvgIpc) is 4.04. The van der Waals surface area contributed by atoms with Crippen molar-refractivity contribution in [2.45, 2.75) is 11.3 Å². The van der Waals surface area contributed by atoms with Crippen LogP contribution in [-0.2, 0) is 11.3 Å². The zero-order valence-electron chi connectivity index (χ0n) is 27.8. The largest absolute Gasteiger partial charge is 0.454 e. The van der Waals surface area contributed by atoms with Crippen molar-refractivity contribution in [1.82, 2.24) is 0 Å². The number of fused-ring (bicyclic) bond motifs is 2. The standard InChI is InChI=1S/C44H30N4O4/c1-5-13-29(14-6-1)39-40(30-15-7-2-8-16-30)46-43(45-39,33-21-23-35-37(25-33)51-27-49-35)44(34-22-24-36-38(26-34)52-28-50-36)47-41(31-17-9-3-10-18-31)42(48-44)32-19-11-4-12-20-32/h1-26H,27-28H2. The Morgan fingerprint density at radius 3 is 0.923 bits per heavy atom. The maximum absolute atomic E-state index is 5.98. The van der Waals surface area contributed by atoms with Gasteiger partial charge in [-0.05, 0) is 24.3 Å². The fraction of sp³-hybridized carbons (Fsp3) is 0.0909. The Morgan fingerprint density at radius 2 is 0.615 bits per heavy atom. The Morgan fingerprint density at radius 1 is 0.327 bits per heavy atom. The second kappa shape index (κ2) is 11.9. The first-order valence-electron chi connectivity index (χ1n) is 17.1. The number of hydrogen-bond acceptors (Lipinski definition) is 8. The zero-order valence-corrected chi connectivity index (χ0v) is 27.8. The molecule has 6 aromatic rings. The smallest absolute Gasteiger partial charge is 0.231 e. The molecule has 0 spiro atoms. The fourth-order valence-corrected chi connectivity index (χ4v) is 7.30. The Bertz CT molecular complexity index is 2180. The van der Waals surface area contributed by atoms with E-state index in [-0.39, 0.29) is 13.6 Å². The van der Waals surface area contributed by atoms with Crippen LogP contribution in [0.5, 0.6) is 23.0 Å². The molecule has 4 aliphatic heterocycles. The third-order valence-corrected chi connectivity index (χ3v) is 9.77. The molecule has 52 heavy (non-hydrogen) atoms. The first-order chi connectivity index (χ1) is 25.7. The monoisotopic (exact) mass is 678 g/mol. The van der Waals surface area contributed by atoms with E-state index in [1.165, 1.54) is 0 Å².